The van der Waals surface area contributed by atoms with E-state index >= 15 is 0 Å². The molecule has 0 radical (unpaired) electrons. The molecular formula is C10H21NO. The van der Waals surface area contributed by atoms with E-state index < -0.39 is 0 Å². The van der Waals surface area contributed by atoms with E-state index in [2.05, 4.69) is 25.7 Å². The Morgan fingerprint density at radius 2 is 1.75 bits per heavy atom. The van der Waals surface area contributed by atoms with Gasteiger partial charge in [-0.3, -0.25) is 9.69 Å². The lowest BCUT2D eigenvalue weighted by Crippen LogP contribution is -2.36. The molecule has 2 nitrogen and oxygen atoms in total. The molecule has 0 saturated heterocycles. The largest absolute Gasteiger partial charge is 0.298 e. The molecule has 0 amide bonds. The van der Waals surface area contributed by atoms with Crippen LogP contribution in [-0.2, 0) is 4.79 Å². The van der Waals surface area contributed by atoms with Crippen molar-refractivity contribution in [2.45, 2.75) is 40.7 Å². The molecular weight excluding hydrogens is 150 g/mol. The SMILES string of the molecule is CCN(CC(=O)C(C)C)C(C)C. The molecule has 0 unspecified atom stereocenters. The first kappa shape index (κ1) is 11.6. The number of carbonyl (C=O) groups is 1. The number of hydrogen-bond acceptors (Lipinski definition) is 2. The van der Waals surface area contributed by atoms with Gasteiger partial charge < -0.3 is 0 Å². The highest BCUT2D eigenvalue weighted by atomic mass is 16.1. The minimum atomic E-state index is 0.165. The lowest BCUT2D eigenvalue weighted by Gasteiger charge is -2.24. The Bertz CT molecular complexity index is 141. The molecule has 0 fully saturated rings. The van der Waals surface area contributed by atoms with Crippen molar-refractivity contribution >= 4 is 5.78 Å². The number of rotatable bonds is 5. The van der Waals surface area contributed by atoms with E-state index in [0.717, 1.165) is 6.54 Å². The van der Waals surface area contributed by atoms with Gasteiger partial charge in [-0.2, -0.15) is 0 Å². The molecule has 0 aliphatic heterocycles. The summed E-state index contributed by atoms with van der Waals surface area (Å²) in [6, 6.07) is 0.470. The number of likely N-dealkylation sites (N-methyl/N-ethyl adjacent to an activating group) is 1. The summed E-state index contributed by atoms with van der Waals surface area (Å²) in [6.07, 6.45) is 0. The van der Waals surface area contributed by atoms with Crippen LogP contribution >= 0.6 is 0 Å². The Balaban J connectivity index is 3.94. The van der Waals surface area contributed by atoms with Crippen molar-refractivity contribution in [2.75, 3.05) is 13.1 Å². The predicted octanol–water partition coefficient (Wildman–Crippen LogP) is 1.94. The molecule has 0 heterocycles. The van der Waals surface area contributed by atoms with E-state index in [1.54, 1.807) is 0 Å². The lowest BCUT2D eigenvalue weighted by molar-refractivity contribution is -0.123. The molecule has 0 aliphatic rings. The fourth-order valence-electron chi connectivity index (χ4n) is 1.04. The number of Topliss-reactive ketones (excluding diaryl/α,β-unsaturated/α-hetero) is 1. The summed E-state index contributed by atoms with van der Waals surface area (Å²) in [5.74, 6) is 0.503. The molecule has 2 heteroatoms. The summed E-state index contributed by atoms with van der Waals surface area (Å²) >= 11 is 0. The highest BCUT2D eigenvalue weighted by Gasteiger charge is 2.13. The zero-order valence-electron chi connectivity index (χ0n) is 8.92. The van der Waals surface area contributed by atoms with E-state index in [-0.39, 0.29) is 5.92 Å². The number of ketones is 1. The minimum Gasteiger partial charge on any atom is -0.298 e. The zero-order valence-corrected chi connectivity index (χ0v) is 8.92. The molecule has 12 heavy (non-hydrogen) atoms. The van der Waals surface area contributed by atoms with Crippen molar-refractivity contribution in [1.82, 2.24) is 4.90 Å². The van der Waals surface area contributed by atoms with Crippen LogP contribution in [0, 0.1) is 5.92 Å². The second-order valence-corrected chi connectivity index (χ2v) is 3.78. The van der Waals surface area contributed by atoms with Crippen molar-refractivity contribution in [3.63, 3.8) is 0 Å². The highest BCUT2D eigenvalue weighted by molar-refractivity contribution is 5.82. The second-order valence-electron chi connectivity index (χ2n) is 3.78. The van der Waals surface area contributed by atoms with Crippen LogP contribution in [0.3, 0.4) is 0 Å². The van der Waals surface area contributed by atoms with Crippen LogP contribution < -0.4 is 0 Å². The van der Waals surface area contributed by atoms with Crippen LogP contribution in [0.1, 0.15) is 34.6 Å². The number of nitrogens with zero attached hydrogens (tertiary/aromatic N) is 1. The maximum Gasteiger partial charge on any atom is 0.149 e. The monoisotopic (exact) mass is 171 g/mol. The Kier molecular flexibility index (Phi) is 5.14. The summed E-state index contributed by atoms with van der Waals surface area (Å²) in [5.41, 5.74) is 0. The first-order valence-corrected chi connectivity index (χ1v) is 4.75. The van der Waals surface area contributed by atoms with E-state index in [1.807, 2.05) is 13.8 Å². The van der Waals surface area contributed by atoms with E-state index in [9.17, 15) is 4.79 Å². The molecule has 72 valence electrons. The molecule has 0 bridgehead atoms. The van der Waals surface area contributed by atoms with E-state index in [0.29, 0.717) is 18.4 Å². The van der Waals surface area contributed by atoms with E-state index in [1.165, 1.54) is 0 Å². The van der Waals surface area contributed by atoms with Crippen LogP contribution in [0.5, 0.6) is 0 Å². The van der Waals surface area contributed by atoms with Gasteiger partial charge in [0.05, 0.1) is 6.54 Å². The third-order valence-corrected chi connectivity index (χ3v) is 2.14. The topological polar surface area (TPSA) is 20.3 Å². The summed E-state index contributed by atoms with van der Waals surface area (Å²) in [6.45, 7) is 11.8. The van der Waals surface area contributed by atoms with Gasteiger partial charge in [-0.05, 0) is 20.4 Å². The fraction of sp³-hybridized carbons (Fsp3) is 0.900. The van der Waals surface area contributed by atoms with Gasteiger partial charge in [-0.1, -0.05) is 20.8 Å². The van der Waals surface area contributed by atoms with Gasteiger partial charge in [-0.15, -0.1) is 0 Å². The van der Waals surface area contributed by atoms with Crippen molar-refractivity contribution in [2.24, 2.45) is 5.92 Å². The maximum atomic E-state index is 11.4. The molecule has 0 aliphatic carbocycles. The standard InChI is InChI=1S/C10H21NO/c1-6-11(9(4)5)7-10(12)8(2)3/h8-9H,6-7H2,1-5H3. The zero-order chi connectivity index (χ0) is 9.72. The summed E-state index contributed by atoms with van der Waals surface area (Å²) < 4.78 is 0. The van der Waals surface area contributed by atoms with Crippen molar-refractivity contribution < 1.29 is 4.79 Å². The third kappa shape index (κ3) is 3.86. The van der Waals surface area contributed by atoms with Crippen molar-refractivity contribution in [3.05, 3.63) is 0 Å². The quantitative estimate of drug-likeness (QED) is 0.630. The highest BCUT2D eigenvalue weighted by Crippen LogP contribution is 2.01. The predicted molar refractivity (Wildman–Crippen MR) is 52.2 cm³/mol. The Labute approximate surface area is 75.9 Å². The molecule has 0 aromatic carbocycles. The van der Waals surface area contributed by atoms with Crippen molar-refractivity contribution in [1.29, 1.82) is 0 Å². The van der Waals surface area contributed by atoms with Gasteiger partial charge in [0.25, 0.3) is 0 Å². The fourth-order valence-corrected chi connectivity index (χ4v) is 1.04. The lowest BCUT2D eigenvalue weighted by atomic mass is 10.1. The van der Waals surface area contributed by atoms with Crippen LogP contribution in [0.2, 0.25) is 0 Å². The molecule has 0 aromatic heterocycles. The van der Waals surface area contributed by atoms with Gasteiger partial charge in [0.15, 0.2) is 0 Å². The number of hydrogen-bond donors (Lipinski definition) is 0. The Morgan fingerprint density at radius 3 is 2.00 bits per heavy atom. The van der Waals surface area contributed by atoms with Gasteiger partial charge in [0.1, 0.15) is 5.78 Å². The van der Waals surface area contributed by atoms with Crippen LogP contribution in [0.15, 0.2) is 0 Å². The van der Waals surface area contributed by atoms with Crippen LogP contribution in [0.4, 0.5) is 0 Å². The number of carbonyl (C=O) groups excluding carboxylic acids is 1. The Morgan fingerprint density at radius 1 is 1.25 bits per heavy atom. The smallest absolute Gasteiger partial charge is 0.149 e. The average Bonchev–Trinajstić information content (AvgIpc) is 1.98. The van der Waals surface area contributed by atoms with Crippen LogP contribution in [0.25, 0.3) is 0 Å². The summed E-state index contributed by atoms with van der Waals surface area (Å²) in [4.78, 5) is 13.6. The molecule has 0 atom stereocenters. The van der Waals surface area contributed by atoms with Gasteiger partial charge >= 0.3 is 0 Å². The van der Waals surface area contributed by atoms with Crippen LogP contribution in [-0.4, -0.2) is 29.8 Å². The molecule has 0 saturated carbocycles. The summed E-state index contributed by atoms with van der Waals surface area (Å²) in [7, 11) is 0. The third-order valence-electron chi connectivity index (χ3n) is 2.14. The summed E-state index contributed by atoms with van der Waals surface area (Å²) in [5, 5.41) is 0. The second kappa shape index (κ2) is 5.31. The maximum absolute atomic E-state index is 11.4. The molecule has 0 aromatic rings. The van der Waals surface area contributed by atoms with Crippen molar-refractivity contribution in [3.8, 4) is 0 Å². The first-order chi connectivity index (χ1) is 5.49. The van der Waals surface area contributed by atoms with Gasteiger partial charge in [0, 0.05) is 12.0 Å². The normalized spacial score (nSPS) is 11.7. The average molecular weight is 171 g/mol. The van der Waals surface area contributed by atoms with E-state index in [4.69, 9.17) is 0 Å². The molecule has 0 spiro atoms. The molecule has 0 rings (SSSR count). The molecule has 0 N–H and O–H groups in total. The minimum absolute atomic E-state index is 0.165. The Hall–Kier alpha value is -0.370. The first-order valence-electron chi connectivity index (χ1n) is 4.75. The van der Waals surface area contributed by atoms with Gasteiger partial charge in [0.2, 0.25) is 0 Å². The van der Waals surface area contributed by atoms with Gasteiger partial charge in [-0.25, -0.2) is 0 Å².